The summed E-state index contributed by atoms with van der Waals surface area (Å²) in [5, 5.41) is 240. The lowest BCUT2D eigenvalue weighted by atomic mass is 9.88. The molecule has 6 aliphatic heterocycles. The highest BCUT2D eigenvalue weighted by Crippen LogP contribution is 2.41. The van der Waals surface area contributed by atoms with Crippen LogP contribution in [0.1, 0.15) is 233 Å². The van der Waals surface area contributed by atoms with Gasteiger partial charge in [-0.3, -0.25) is 14.4 Å². The van der Waals surface area contributed by atoms with E-state index in [4.69, 9.17) is 56.8 Å². The Kier molecular flexibility index (Phi) is 50.5. The van der Waals surface area contributed by atoms with E-state index in [1.807, 2.05) is 6.08 Å². The van der Waals surface area contributed by atoms with E-state index in [1.165, 1.54) is 135 Å². The second-order valence-electron chi connectivity index (χ2n) is 33.5. The zero-order valence-corrected chi connectivity index (χ0v) is 71.5. The Balaban J connectivity index is 1.09. The van der Waals surface area contributed by atoms with Gasteiger partial charge in [0, 0.05) is 19.8 Å². The lowest BCUT2D eigenvalue weighted by Gasteiger charge is -2.51. The number of amides is 3. The molecule has 6 aliphatic rings. The minimum absolute atomic E-state index is 0.165. The van der Waals surface area contributed by atoms with Crippen molar-refractivity contribution >= 4 is 23.7 Å². The van der Waals surface area contributed by atoms with Gasteiger partial charge in [-0.2, -0.15) is 0 Å². The number of aliphatic carboxylic acids is 1. The van der Waals surface area contributed by atoms with Gasteiger partial charge in [-0.05, 0) is 19.3 Å². The van der Waals surface area contributed by atoms with Crippen LogP contribution in [0, 0.1) is 0 Å². The Bertz CT molecular complexity index is 2930. The zero-order valence-electron chi connectivity index (χ0n) is 71.5. The van der Waals surface area contributed by atoms with E-state index in [-0.39, 0.29) is 12.3 Å². The van der Waals surface area contributed by atoms with Gasteiger partial charge < -0.3 is 180 Å². The molecule has 6 saturated heterocycles. The summed E-state index contributed by atoms with van der Waals surface area (Å²) >= 11 is 0. The summed E-state index contributed by atoms with van der Waals surface area (Å²) in [4.78, 5) is 52.2. The van der Waals surface area contributed by atoms with Crippen LogP contribution in [0.3, 0.4) is 0 Å². The summed E-state index contributed by atoms with van der Waals surface area (Å²) in [6.07, 6.45) is -21.6. The number of hydrogen-bond acceptors (Lipinski definition) is 36. The van der Waals surface area contributed by atoms with Crippen molar-refractivity contribution in [1.29, 1.82) is 0 Å². The van der Waals surface area contributed by atoms with Crippen LogP contribution in [0.5, 0.6) is 0 Å². The summed E-state index contributed by atoms with van der Waals surface area (Å²) in [6, 6.07) is -4.90. The van der Waals surface area contributed by atoms with Crippen molar-refractivity contribution in [3.05, 3.63) is 12.2 Å². The van der Waals surface area contributed by atoms with E-state index in [0.29, 0.717) is 12.8 Å². The average Bonchev–Trinajstić information content (AvgIpc) is 0.750. The highest BCUT2D eigenvalue weighted by Gasteiger charge is 2.62. The molecule has 718 valence electrons. The third-order valence-electron chi connectivity index (χ3n) is 23.8. The van der Waals surface area contributed by atoms with Gasteiger partial charge in [0.2, 0.25) is 17.7 Å². The Labute approximate surface area is 719 Å². The maximum Gasteiger partial charge on any atom is 0.364 e. The molecule has 0 aromatic rings. The zero-order chi connectivity index (χ0) is 90.3. The van der Waals surface area contributed by atoms with Crippen LogP contribution < -0.4 is 16.0 Å². The maximum atomic E-state index is 13.6. The molecule has 40 heteroatoms. The fourth-order valence-electron chi connectivity index (χ4n) is 16.5. The van der Waals surface area contributed by atoms with Crippen molar-refractivity contribution < 1.29 is 183 Å². The van der Waals surface area contributed by atoms with Crippen LogP contribution in [-0.4, -0.2) is 386 Å². The smallest absolute Gasteiger partial charge is 0.364 e. The van der Waals surface area contributed by atoms with Crippen LogP contribution >= 0.6 is 0 Å². The normalized spacial score (nSPS) is 35.4. The Morgan fingerprint density at radius 2 is 0.821 bits per heavy atom. The first-order valence-electron chi connectivity index (χ1n) is 44.8. The van der Waals surface area contributed by atoms with Crippen LogP contribution in [0.4, 0.5) is 0 Å². The third-order valence-corrected chi connectivity index (χ3v) is 23.8. The van der Waals surface area contributed by atoms with Crippen molar-refractivity contribution in [3.63, 3.8) is 0 Å². The molecule has 0 aromatic carbocycles. The Morgan fingerprint density at radius 1 is 0.431 bits per heavy atom. The van der Waals surface area contributed by atoms with Crippen molar-refractivity contribution in [3.8, 4) is 0 Å². The van der Waals surface area contributed by atoms with Gasteiger partial charge in [-0.1, -0.05) is 206 Å². The molecule has 33 atom stereocenters. The topological polar surface area (TPSA) is 640 Å². The summed E-state index contributed by atoms with van der Waals surface area (Å²) in [7, 11) is 0. The van der Waals surface area contributed by atoms with Crippen LogP contribution in [0.2, 0.25) is 0 Å². The molecule has 6 rings (SSSR count). The van der Waals surface area contributed by atoms with E-state index < -0.39 is 279 Å². The molecule has 123 heavy (non-hydrogen) atoms. The lowest BCUT2D eigenvalue weighted by molar-refractivity contribution is -0.392. The number of rotatable bonds is 60. The highest BCUT2D eigenvalue weighted by molar-refractivity contribution is 5.78. The number of aliphatic hydroxyl groups is 20. The molecule has 0 saturated carbocycles. The van der Waals surface area contributed by atoms with Gasteiger partial charge in [-0.15, -0.1) is 0 Å². The predicted molar refractivity (Wildman–Crippen MR) is 431 cm³/mol. The number of carboxylic acids is 1. The van der Waals surface area contributed by atoms with E-state index in [1.54, 1.807) is 6.08 Å². The molecular weight excluding hydrogens is 1630 g/mol. The van der Waals surface area contributed by atoms with E-state index >= 15 is 0 Å². The number of carboxylic acid groups (broad SMARTS) is 1. The third kappa shape index (κ3) is 33.0. The molecule has 0 bridgehead atoms. The first-order valence-corrected chi connectivity index (χ1v) is 44.8. The van der Waals surface area contributed by atoms with Gasteiger partial charge in [0.25, 0.3) is 5.79 Å². The molecule has 12 unspecified atom stereocenters. The van der Waals surface area contributed by atoms with Gasteiger partial charge in [0.15, 0.2) is 31.5 Å². The van der Waals surface area contributed by atoms with E-state index in [9.17, 15) is 126 Å². The quantitative estimate of drug-likeness (QED) is 0.0218. The SMILES string of the molecule is CCCCCCCCCCCCC/C=C/[C@@H](O)[C@H](CO[C@@H]1OC(CO)[C@@H](O[C@@H]2OC(CO)[C@H](O[C@@H]3OC(CO)[C@H](O)[C@H](O[C@@H]4OC(CO)[C@H](O)[C@H](O[C@@H]5OC(CO)[C@H](O)[C@H](O[C@]6(C(=O)O)CC(O)[C@@H](NC(=O)CO)C([C@H](O)[C@H](O)CO)O6)C5O)C4NC(C)=O)C3O)[C@H](O)C2O)[C@H](O)C1O)NC(=O)CCCCCCCCCCCCCCCCCCCCC. The van der Waals surface area contributed by atoms with Gasteiger partial charge >= 0.3 is 5.97 Å². The number of aliphatic hydroxyl groups excluding tert-OH is 20. The summed E-state index contributed by atoms with van der Waals surface area (Å²) in [5.41, 5.74) is 0. The van der Waals surface area contributed by atoms with Crippen molar-refractivity contribution in [1.82, 2.24) is 16.0 Å². The van der Waals surface area contributed by atoms with Crippen molar-refractivity contribution in [2.24, 2.45) is 0 Å². The Morgan fingerprint density at radius 3 is 1.27 bits per heavy atom. The van der Waals surface area contributed by atoms with Crippen molar-refractivity contribution in [2.75, 3.05) is 52.9 Å². The standard InChI is InChI=1S/C83H149N3O37/c1-4-6-8-10-12-14-16-18-19-20-21-22-23-25-27-29-31-33-35-37-57(98)85-48(49(95)36-34-32-30-28-26-24-17-15-13-11-9-7-5-2)46-112-78-67(106)65(104)71(55(43-91)116-78)118-79-68(107)66(105)72(56(44-92)117-79)119-80-69(108)75(63(102)53(41-89)114-80)121-77-60(84-47(3)94)73(62(101)52(40-88)113-77)120-81-70(109)76(64(103)54(42-90)115-81)123-83(82(110)111)38-50(96)59(86-58(99)45-93)74(122-83)61(100)51(97)39-87/h34,36,48-56,59-81,87-93,95-97,100-109H,4-33,35,37-46H2,1-3H3,(H,84,94)(H,85,98)(H,86,99)(H,110,111)/b36-34+/t48-,49+,50?,51+,52?,53?,54?,55?,56?,59+,60?,61+,62-,63-,64-,65+,66+,67?,68?,69?,70?,71+,72-,73+,74?,75-,76-,77-,78+,79-,80-,81-,83-/m0/s1. The van der Waals surface area contributed by atoms with E-state index in [0.717, 1.165) is 58.3 Å². The predicted octanol–water partition coefficient (Wildman–Crippen LogP) is -2.69. The first-order chi connectivity index (χ1) is 59.0. The second kappa shape index (κ2) is 57.5. The number of allylic oxidation sites excluding steroid dienone is 1. The molecule has 6 fully saturated rings. The Hall–Kier alpha value is -3.66. The number of carbonyl (C=O) groups is 4. The molecule has 0 aromatic heterocycles. The number of carbonyl (C=O) groups excluding carboxylic acids is 3. The van der Waals surface area contributed by atoms with Gasteiger partial charge in [0.05, 0.1) is 70.5 Å². The summed E-state index contributed by atoms with van der Waals surface area (Å²) < 4.78 is 70.5. The first kappa shape index (κ1) is 108. The van der Waals surface area contributed by atoms with Crippen molar-refractivity contribution in [2.45, 2.75) is 435 Å². The minimum Gasteiger partial charge on any atom is -0.477 e. The molecule has 0 aliphatic carbocycles. The monoisotopic (exact) mass is 1780 g/mol. The van der Waals surface area contributed by atoms with Crippen LogP contribution in [0.15, 0.2) is 12.2 Å². The number of ether oxygens (including phenoxy) is 12. The average molecular weight is 1780 g/mol. The molecule has 40 nitrogen and oxygen atoms in total. The fraction of sp³-hybridized carbons (Fsp3) is 0.928. The molecule has 3 amide bonds. The number of hydrogen-bond donors (Lipinski definition) is 24. The summed E-state index contributed by atoms with van der Waals surface area (Å²) in [6.45, 7) is -2.97. The van der Waals surface area contributed by atoms with Crippen LogP contribution in [-0.2, 0) is 76.0 Å². The largest absolute Gasteiger partial charge is 0.477 e. The van der Waals surface area contributed by atoms with E-state index in [2.05, 4.69) is 29.8 Å². The second-order valence-corrected chi connectivity index (χ2v) is 33.5. The van der Waals surface area contributed by atoms with Gasteiger partial charge in [-0.25, -0.2) is 4.79 Å². The maximum absolute atomic E-state index is 13.6. The highest BCUT2D eigenvalue weighted by atomic mass is 16.8. The number of unbranched alkanes of at least 4 members (excludes halogenated alkanes) is 29. The van der Waals surface area contributed by atoms with Crippen LogP contribution in [0.25, 0.3) is 0 Å². The summed E-state index contributed by atoms with van der Waals surface area (Å²) in [5.74, 6) is -7.98. The molecule has 0 spiro atoms. The molecule has 24 N–H and O–H groups in total. The molecular formula is C83H149N3O37. The number of nitrogens with one attached hydrogen (secondary N) is 3. The van der Waals surface area contributed by atoms with Gasteiger partial charge in [0.1, 0.15) is 147 Å². The lowest BCUT2D eigenvalue weighted by Crippen LogP contribution is -2.71. The minimum atomic E-state index is -3.31. The molecule has 6 heterocycles. The molecule has 0 radical (unpaired) electrons. The fourth-order valence-corrected chi connectivity index (χ4v) is 16.5.